The highest BCUT2D eigenvalue weighted by Crippen LogP contribution is 2.53. The minimum Gasteiger partial charge on any atom is -0.481 e. The molecule has 3 heterocycles. The van der Waals surface area contributed by atoms with Gasteiger partial charge in [-0.15, -0.1) is 0 Å². The highest BCUT2D eigenvalue weighted by atomic mass is 32.1. The van der Waals surface area contributed by atoms with Gasteiger partial charge >= 0.3 is 5.97 Å². The summed E-state index contributed by atoms with van der Waals surface area (Å²) in [5.41, 5.74) is 3.00. The summed E-state index contributed by atoms with van der Waals surface area (Å²) >= 11 is 1.33. The van der Waals surface area contributed by atoms with Crippen LogP contribution in [-0.4, -0.2) is 39.0 Å². The summed E-state index contributed by atoms with van der Waals surface area (Å²) in [7, 11) is 0. The van der Waals surface area contributed by atoms with Gasteiger partial charge in [-0.3, -0.25) is 9.69 Å². The van der Waals surface area contributed by atoms with Crippen LogP contribution in [0.4, 0.5) is 8.78 Å². The second-order valence-corrected chi connectivity index (χ2v) is 10.1. The number of likely N-dealkylation sites (tertiary alicyclic amines) is 1. The molecule has 4 aromatic rings. The van der Waals surface area contributed by atoms with Crippen molar-refractivity contribution in [3.63, 3.8) is 0 Å². The Morgan fingerprint density at radius 3 is 2.56 bits per heavy atom. The number of aliphatic carboxylic acids is 1. The zero-order chi connectivity index (χ0) is 23.4. The fourth-order valence-electron chi connectivity index (χ4n) is 4.78. The van der Waals surface area contributed by atoms with Gasteiger partial charge in [0.15, 0.2) is 0 Å². The number of nitrogens with zero attached hydrogens (tertiary/aromatic N) is 3. The molecule has 0 radical (unpaired) electrons. The molecular formula is C26H21F2N3O2S. The number of hydrogen-bond donors (Lipinski definition) is 1. The van der Waals surface area contributed by atoms with E-state index in [4.69, 9.17) is 10.1 Å². The molecular weight excluding hydrogens is 456 g/mol. The van der Waals surface area contributed by atoms with E-state index in [0.29, 0.717) is 46.1 Å². The summed E-state index contributed by atoms with van der Waals surface area (Å²) in [6.45, 7) is 1.49. The molecule has 2 aliphatic rings. The van der Waals surface area contributed by atoms with Crippen molar-refractivity contribution >= 4 is 27.7 Å². The Labute approximate surface area is 198 Å². The molecule has 6 rings (SSSR count). The largest absolute Gasteiger partial charge is 0.481 e. The van der Waals surface area contributed by atoms with Crippen molar-refractivity contribution in [1.29, 1.82) is 0 Å². The Balaban J connectivity index is 1.26. The van der Waals surface area contributed by atoms with Crippen LogP contribution in [0.25, 0.3) is 20.9 Å². The first kappa shape index (κ1) is 21.3. The maximum Gasteiger partial charge on any atom is 0.309 e. The number of halogens is 2. The molecule has 0 unspecified atom stereocenters. The third-order valence-electron chi connectivity index (χ3n) is 6.86. The average Bonchev–Trinajstić information content (AvgIpc) is 3.48. The smallest absolute Gasteiger partial charge is 0.309 e. The van der Waals surface area contributed by atoms with Crippen molar-refractivity contribution in [2.75, 3.05) is 13.1 Å². The van der Waals surface area contributed by atoms with E-state index in [9.17, 15) is 13.6 Å². The van der Waals surface area contributed by atoms with Gasteiger partial charge in [-0.05, 0) is 54.3 Å². The van der Waals surface area contributed by atoms with Crippen molar-refractivity contribution in [3.05, 3.63) is 83.1 Å². The van der Waals surface area contributed by atoms with Crippen LogP contribution in [0.5, 0.6) is 0 Å². The minimum absolute atomic E-state index is 0.217. The zero-order valence-electron chi connectivity index (χ0n) is 18.2. The molecule has 2 aromatic carbocycles. The lowest BCUT2D eigenvalue weighted by atomic mass is 9.91. The van der Waals surface area contributed by atoms with Crippen molar-refractivity contribution in [3.8, 4) is 10.6 Å². The Kier molecular flexibility index (Phi) is 4.97. The SMILES string of the molecule is O=C(O)C1CN(Cc2ccc(-c3nc4ccc(C5(c6ccccc6F)CC5)nc4s3)c(F)c2)C1. The molecule has 5 nitrogen and oxygen atoms in total. The number of carbonyl (C=O) groups is 1. The number of benzene rings is 2. The highest BCUT2D eigenvalue weighted by Gasteiger charge is 2.48. The Bertz CT molecular complexity index is 1430. The fourth-order valence-corrected chi connectivity index (χ4v) is 5.75. The number of carboxylic acid groups (broad SMARTS) is 1. The maximum atomic E-state index is 15.0. The topological polar surface area (TPSA) is 66.3 Å². The lowest BCUT2D eigenvalue weighted by molar-refractivity contribution is -0.147. The molecule has 172 valence electrons. The van der Waals surface area contributed by atoms with Gasteiger partial charge in [0.1, 0.15) is 27.0 Å². The molecule has 0 amide bonds. The van der Waals surface area contributed by atoms with Crippen LogP contribution in [0, 0.1) is 17.6 Å². The number of pyridine rings is 1. The van der Waals surface area contributed by atoms with E-state index in [0.717, 1.165) is 24.1 Å². The monoisotopic (exact) mass is 477 g/mol. The number of fused-ring (bicyclic) bond motifs is 1. The molecule has 0 bridgehead atoms. The van der Waals surface area contributed by atoms with Crippen LogP contribution in [0.3, 0.4) is 0 Å². The average molecular weight is 478 g/mol. The third kappa shape index (κ3) is 3.58. The van der Waals surface area contributed by atoms with Crippen LogP contribution in [0.1, 0.15) is 29.7 Å². The van der Waals surface area contributed by atoms with Gasteiger partial charge in [0, 0.05) is 30.6 Å². The quantitative estimate of drug-likeness (QED) is 0.412. The molecule has 0 atom stereocenters. The molecule has 8 heteroatoms. The lowest BCUT2D eigenvalue weighted by Crippen LogP contribution is -2.49. The Hall–Kier alpha value is -3.23. The zero-order valence-corrected chi connectivity index (χ0v) is 19.0. The first-order valence-electron chi connectivity index (χ1n) is 11.2. The molecule has 1 saturated heterocycles. The van der Waals surface area contributed by atoms with E-state index in [1.165, 1.54) is 23.5 Å². The predicted molar refractivity (Wildman–Crippen MR) is 126 cm³/mol. The molecule has 1 N–H and O–H groups in total. The second-order valence-electron chi connectivity index (χ2n) is 9.15. The van der Waals surface area contributed by atoms with Gasteiger partial charge < -0.3 is 5.11 Å². The van der Waals surface area contributed by atoms with Gasteiger partial charge in [0.25, 0.3) is 0 Å². The van der Waals surface area contributed by atoms with Crippen LogP contribution in [0.15, 0.2) is 54.6 Å². The van der Waals surface area contributed by atoms with Crippen molar-refractivity contribution in [1.82, 2.24) is 14.9 Å². The van der Waals surface area contributed by atoms with E-state index >= 15 is 0 Å². The Morgan fingerprint density at radius 2 is 1.85 bits per heavy atom. The number of rotatable bonds is 6. The standard InChI is InChI=1S/C26H21F2N3O2S/c27-19-4-2-1-3-18(19)26(9-10-26)22-8-7-21-24(30-22)34-23(29-21)17-6-5-15(11-20(17)28)12-31-13-16(14-31)25(32)33/h1-8,11,16H,9-10,12-14H2,(H,32,33). The van der Waals surface area contributed by atoms with Gasteiger partial charge in [0.2, 0.25) is 0 Å². The molecule has 0 spiro atoms. The van der Waals surface area contributed by atoms with E-state index in [-0.39, 0.29) is 17.6 Å². The third-order valence-corrected chi connectivity index (χ3v) is 7.86. The molecule has 2 fully saturated rings. The van der Waals surface area contributed by atoms with Gasteiger partial charge in [0.05, 0.1) is 11.6 Å². The summed E-state index contributed by atoms with van der Waals surface area (Å²) < 4.78 is 29.5. The number of hydrogen-bond acceptors (Lipinski definition) is 5. The maximum absolute atomic E-state index is 15.0. The van der Waals surface area contributed by atoms with E-state index in [1.54, 1.807) is 12.1 Å². The number of carboxylic acids is 1. The second kappa shape index (κ2) is 7.92. The fraction of sp³-hybridized carbons (Fsp3) is 0.269. The van der Waals surface area contributed by atoms with Crippen molar-refractivity contribution < 1.29 is 18.7 Å². The number of aromatic nitrogens is 2. The first-order valence-corrected chi connectivity index (χ1v) is 12.0. The lowest BCUT2D eigenvalue weighted by Gasteiger charge is -2.36. The van der Waals surface area contributed by atoms with Crippen LogP contribution < -0.4 is 0 Å². The summed E-state index contributed by atoms with van der Waals surface area (Å²) in [6, 6.07) is 15.7. The van der Waals surface area contributed by atoms with E-state index < -0.39 is 11.4 Å². The molecule has 1 aliphatic carbocycles. The van der Waals surface area contributed by atoms with Crippen LogP contribution >= 0.6 is 11.3 Å². The number of thiazole rings is 1. The molecule has 2 aromatic heterocycles. The summed E-state index contributed by atoms with van der Waals surface area (Å²) in [5, 5.41) is 9.55. The highest BCUT2D eigenvalue weighted by molar-refractivity contribution is 7.21. The van der Waals surface area contributed by atoms with Crippen LogP contribution in [-0.2, 0) is 16.8 Å². The van der Waals surface area contributed by atoms with E-state index in [1.807, 2.05) is 35.2 Å². The normalized spacial score (nSPS) is 17.6. The summed E-state index contributed by atoms with van der Waals surface area (Å²) in [5.74, 6) is -1.70. The molecule has 1 aliphatic heterocycles. The van der Waals surface area contributed by atoms with Crippen molar-refractivity contribution in [2.45, 2.75) is 24.8 Å². The molecule has 34 heavy (non-hydrogen) atoms. The summed E-state index contributed by atoms with van der Waals surface area (Å²) in [6.07, 6.45) is 1.69. The molecule has 1 saturated carbocycles. The predicted octanol–water partition coefficient (Wildman–Crippen LogP) is 5.23. The van der Waals surface area contributed by atoms with Crippen molar-refractivity contribution in [2.24, 2.45) is 5.92 Å². The first-order chi connectivity index (χ1) is 16.4. The summed E-state index contributed by atoms with van der Waals surface area (Å²) in [4.78, 5) is 23.1. The van der Waals surface area contributed by atoms with Gasteiger partial charge in [-0.25, -0.2) is 18.7 Å². The minimum atomic E-state index is -0.785. The van der Waals surface area contributed by atoms with E-state index in [2.05, 4.69) is 4.98 Å². The van der Waals surface area contributed by atoms with Crippen LogP contribution in [0.2, 0.25) is 0 Å². The van der Waals surface area contributed by atoms with Gasteiger partial charge in [-0.2, -0.15) is 0 Å². The Morgan fingerprint density at radius 1 is 1.06 bits per heavy atom. The van der Waals surface area contributed by atoms with Gasteiger partial charge in [-0.1, -0.05) is 35.6 Å².